The number of carbonyl (C=O) groups is 3. The Morgan fingerprint density at radius 1 is 0.946 bits per heavy atom. The van der Waals surface area contributed by atoms with E-state index in [1.807, 2.05) is 71.6 Å². The van der Waals surface area contributed by atoms with Crippen LogP contribution in [0.15, 0.2) is 97.3 Å². The number of aromatic amines is 1. The van der Waals surface area contributed by atoms with Crippen LogP contribution < -0.4 is 10.2 Å². The average Bonchev–Trinajstić information content (AvgIpc) is 3.83. The smallest absolute Gasteiger partial charge is 0.410 e. The van der Waals surface area contributed by atoms with E-state index in [-0.39, 0.29) is 18.2 Å². The number of nitrogens with one attached hydrogen (secondary N) is 2. The maximum absolute atomic E-state index is 14.9. The average molecular weight is 792 g/mol. The molecule has 2 fully saturated rings. The number of rotatable bonds is 9. The molecule has 11 nitrogen and oxygen atoms in total. The number of nitrogens with zero attached hydrogens (tertiary/aromatic N) is 4. The van der Waals surface area contributed by atoms with Gasteiger partial charge in [-0.2, -0.15) is 0 Å². The van der Waals surface area contributed by atoms with Crippen molar-refractivity contribution in [1.82, 2.24) is 19.4 Å². The molecule has 2 aliphatic heterocycles. The van der Waals surface area contributed by atoms with Crippen LogP contribution >= 0.6 is 23.2 Å². The van der Waals surface area contributed by atoms with Gasteiger partial charge in [0.2, 0.25) is 0 Å². The van der Waals surface area contributed by atoms with Crippen molar-refractivity contribution in [2.24, 2.45) is 0 Å². The summed E-state index contributed by atoms with van der Waals surface area (Å²) in [6, 6.07) is 28.1. The predicted molar refractivity (Wildman–Crippen MR) is 219 cm³/mol. The summed E-state index contributed by atoms with van der Waals surface area (Å²) in [5.41, 5.74) is 6.42. The molecular formula is C43H40Cl2N6O5. The van der Waals surface area contributed by atoms with Crippen molar-refractivity contribution in [3.05, 3.63) is 124 Å². The Bertz CT molecular complexity index is 2420. The molecule has 6 aromatic rings. The summed E-state index contributed by atoms with van der Waals surface area (Å²) in [6.45, 7) is 4.48. The summed E-state index contributed by atoms with van der Waals surface area (Å²) in [5.74, 6) is -0.949. The Kier molecular flexibility index (Phi) is 10.5. The van der Waals surface area contributed by atoms with Gasteiger partial charge in [0.1, 0.15) is 5.69 Å². The highest BCUT2D eigenvalue weighted by Gasteiger charge is 2.33. The first-order valence-electron chi connectivity index (χ1n) is 18.6. The van der Waals surface area contributed by atoms with Crippen LogP contribution in [0, 0.1) is 0 Å². The number of hydrogen-bond donors (Lipinski definition) is 2. The highest BCUT2D eigenvalue weighted by molar-refractivity contribution is 6.31. The fourth-order valence-electron chi connectivity index (χ4n) is 7.86. The monoisotopic (exact) mass is 790 g/mol. The standard InChI is InChI=1S/C43H40Cl2N6O5/c1-26(27-9-12-30(44)13-10-27)51-25-46-38(28-7-4-3-5-8-28)40(51)37-33-15-14-31(45)24-34(33)47-39(37)41(52)48-35-23-29(42(53)55-2)11-16-36(35)49-20-17-32(18-21-49)50-19-6-22-56-43(50)54/h3-5,7-16,23-26,32,47H,6,17-22H2,1-2H3,(H,48,52). The van der Waals surface area contributed by atoms with Gasteiger partial charge in [0.05, 0.1) is 54.4 Å². The summed E-state index contributed by atoms with van der Waals surface area (Å²) in [6.07, 6.45) is 3.81. The SMILES string of the molecule is COC(=O)c1ccc(N2CCC(N3CCCOC3=O)CC2)c(NC(=O)c2[nH]c3cc(Cl)ccc3c2-c2c(-c3ccccc3)ncn2C(C)c2ccc(Cl)cc2)c1. The molecule has 1 atom stereocenters. The van der Waals surface area contributed by atoms with Gasteiger partial charge in [-0.25, -0.2) is 14.6 Å². The van der Waals surface area contributed by atoms with Gasteiger partial charge in [-0.3, -0.25) is 4.79 Å². The molecule has 56 heavy (non-hydrogen) atoms. The normalized spacial score (nSPS) is 15.5. The topological polar surface area (TPSA) is 122 Å². The third kappa shape index (κ3) is 7.20. The second-order valence-electron chi connectivity index (χ2n) is 14.1. The zero-order chi connectivity index (χ0) is 38.9. The number of H-pyrrole nitrogens is 1. The quantitative estimate of drug-likeness (QED) is 0.140. The largest absolute Gasteiger partial charge is 0.465 e. The highest BCUT2D eigenvalue weighted by atomic mass is 35.5. The fraction of sp³-hybridized carbons (Fsp3) is 0.256. The molecule has 2 aromatic heterocycles. The van der Waals surface area contributed by atoms with Crippen LogP contribution in [0.3, 0.4) is 0 Å². The van der Waals surface area contributed by atoms with E-state index in [2.05, 4.69) is 26.7 Å². The number of amides is 2. The number of benzene rings is 4. The molecule has 0 spiro atoms. The van der Waals surface area contributed by atoms with Crippen molar-refractivity contribution < 1.29 is 23.9 Å². The lowest BCUT2D eigenvalue weighted by Gasteiger charge is -2.40. The van der Waals surface area contributed by atoms with Crippen molar-refractivity contribution >= 4 is 63.4 Å². The first-order valence-corrected chi connectivity index (χ1v) is 19.4. The summed E-state index contributed by atoms with van der Waals surface area (Å²) >= 11 is 12.8. The summed E-state index contributed by atoms with van der Waals surface area (Å²) in [7, 11) is 1.32. The Hall–Kier alpha value is -5.78. The number of carbonyl (C=O) groups excluding carboxylic acids is 3. The van der Waals surface area contributed by atoms with E-state index in [9.17, 15) is 14.4 Å². The molecule has 2 saturated heterocycles. The van der Waals surface area contributed by atoms with Gasteiger partial charge in [-0.05, 0) is 74.2 Å². The lowest BCUT2D eigenvalue weighted by atomic mass is 9.99. The number of piperidine rings is 1. The van der Waals surface area contributed by atoms with Crippen LogP contribution in [0.5, 0.6) is 0 Å². The van der Waals surface area contributed by atoms with Crippen LogP contribution in [0.25, 0.3) is 33.4 Å². The zero-order valence-electron chi connectivity index (χ0n) is 30.9. The Morgan fingerprint density at radius 3 is 2.43 bits per heavy atom. The van der Waals surface area contributed by atoms with E-state index in [1.54, 1.807) is 30.6 Å². The number of esters is 1. The van der Waals surface area contributed by atoms with E-state index in [0.29, 0.717) is 70.0 Å². The number of hydrogen-bond acceptors (Lipinski definition) is 7. The number of aromatic nitrogens is 3. The van der Waals surface area contributed by atoms with Crippen LogP contribution in [-0.4, -0.2) is 76.8 Å². The highest BCUT2D eigenvalue weighted by Crippen LogP contribution is 2.42. The molecule has 1 unspecified atom stereocenters. The summed E-state index contributed by atoms with van der Waals surface area (Å²) in [4.78, 5) is 52.5. The molecule has 0 bridgehead atoms. The minimum atomic E-state index is -0.525. The van der Waals surface area contributed by atoms with Crippen molar-refractivity contribution in [2.75, 3.05) is 43.6 Å². The van der Waals surface area contributed by atoms with E-state index in [0.717, 1.165) is 47.2 Å². The summed E-state index contributed by atoms with van der Waals surface area (Å²) in [5, 5.41) is 5.10. The van der Waals surface area contributed by atoms with E-state index >= 15 is 0 Å². The molecule has 13 heteroatoms. The van der Waals surface area contributed by atoms with Crippen molar-refractivity contribution in [3.8, 4) is 22.5 Å². The third-order valence-corrected chi connectivity index (χ3v) is 11.2. The number of cyclic esters (lactones) is 1. The molecule has 8 rings (SSSR count). The maximum Gasteiger partial charge on any atom is 0.410 e. The van der Waals surface area contributed by atoms with Gasteiger partial charge >= 0.3 is 12.1 Å². The van der Waals surface area contributed by atoms with Crippen LogP contribution in [0.1, 0.15) is 58.6 Å². The Morgan fingerprint density at radius 2 is 1.70 bits per heavy atom. The van der Waals surface area contributed by atoms with Gasteiger partial charge in [-0.15, -0.1) is 0 Å². The van der Waals surface area contributed by atoms with E-state index in [4.69, 9.17) is 37.7 Å². The number of ether oxygens (including phenoxy) is 2. The minimum Gasteiger partial charge on any atom is -0.465 e. The molecule has 286 valence electrons. The van der Waals surface area contributed by atoms with Crippen molar-refractivity contribution in [2.45, 2.75) is 38.3 Å². The van der Waals surface area contributed by atoms with Gasteiger partial charge in [0.25, 0.3) is 5.91 Å². The molecule has 0 saturated carbocycles. The number of halogens is 2. The fourth-order valence-corrected chi connectivity index (χ4v) is 8.16. The Labute approximate surface area is 334 Å². The van der Waals surface area contributed by atoms with Crippen LogP contribution in [0.4, 0.5) is 16.2 Å². The van der Waals surface area contributed by atoms with Gasteiger partial charge < -0.3 is 34.1 Å². The van der Waals surface area contributed by atoms with Gasteiger partial charge in [-0.1, -0.05) is 71.7 Å². The molecule has 2 N–H and O–H groups in total. The molecule has 0 aliphatic carbocycles. The van der Waals surface area contributed by atoms with Crippen molar-refractivity contribution in [3.63, 3.8) is 0 Å². The molecule has 4 heterocycles. The molecule has 2 aliphatic rings. The maximum atomic E-state index is 14.9. The third-order valence-electron chi connectivity index (χ3n) is 10.8. The van der Waals surface area contributed by atoms with Crippen molar-refractivity contribution in [1.29, 1.82) is 0 Å². The zero-order valence-corrected chi connectivity index (χ0v) is 32.4. The van der Waals surface area contributed by atoms with E-state index < -0.39 is 11.9 Å². The number of anilines is 2. The lowest BCUT2D eigenvalue weighted by molar-refractivity contribution is 0.0499. The molecular weight excluding hydrogens is 751 g/mol. The lowest BCUT2D eigenvalue weighted by Crippen LogP contribution is -2.50. The first-order chi connectivity index (χ1) is 27.2. The number of imidazole rings is 1. The number of fused-ring (bicyclic) bond motifs is 1. The molecule has 0 radical (unpaired) electrons. The van der Waals surface area contributed by atoms with Crippen LogP contribution in [-0.2, 0) is 9.47 Å². The minimum absolute atomic E-state index is 0.0612. The second-order valence-corrected chi connectivity index (χ2v) is 14.9. The van der Waals surface area contributed by atoms with Gasteiger partial charge in [0.15, 0.2) is 0 Å². The molecule has 2 amide bonds. The second kappa shape index (κ2) is 15.8. The first kappa shape index (κ1) is 37.2. The molecule has 4 aromatic carbocycles. The summed E-state index contributed by atoms with van der Waals surface area (Å²) < 4.78 is 12.4. The van der Waals surface area contributed by atoms with Gasteiger partial charge in [0, 0.05) is 57.8 Å². The Balaban J connectivity index is 1.22. The number of methoxy groups -OCH3 is 1. The predicted octanol–water partition coefficient (Wildman–Crippen LogP) is 9.46. The van der Waals surface area contributed by atoms with Crippen LogP contribution in [0.2, 0.25) is 10.0 Å². The van der Waals surface area contributed by atoms with E-state index in [1.165, 1.54) is 7.11 Å².